The number of carbonyl (C=O) groups excluding carboxylic acids is 1. The number of hydrogen-bond acceptors (Lipinski definition) is 6. The number of fused-ring (bicyclic) bond motifs is 1. The summed E-state index contributed by atoms with van der Waals surface area (Å²) in [5.41, 5.74) is 2.21. The van der Waals surface area contributed by atoms with Gasteiger partial charge < -0.3 is 14.8 Å². The van der Waals surface area contributed by atoms with Crippen molar-refractivity contribution in [3.8, 4) is 5.75 Å². The summed E-state index contributed by atoms with van der Waals surface area (Å²) in [7, 11) is 1.59. The summed E-state index contributed by atoms with van der Waals surface area (Å²) in [5.74, 6) is 0.635. The number of amides is 1. The molecule has 0 aliphatic carbocycles. The summed E-state index contributed by atoms with van der Waals surface area (Å²) in [6.45, 7) is 2.73. The number of hydrogen-bond donors (Lipinski definition) is 1. The van der Waals surface area contributed by atoms with Crippen LogP contribution in [0.5, 0.6) is 5.75 Å². The highest BCUT2D eigenvalue weighted by molar-refractivity contribution is 7.99. The fourth-order valence-electron chi connectivity index (χ4n) is 3.63. The molecule has 180 valence electrons. The Hall–Kier alpha value is -3.62. The normalized spacial score (nSPS) is 11.8. The molecule has 1 heterocycles. The first-order valence-corrected chi connectivity index (χ1v) is 12.2. The lowest BCUT2D eigenvalue weighted by molar-refractivity contribution is -0.113. The van der Waals surface area contributed by atoms with Crippen molar-refractivity contribution in [1.29, 1.82) is 0 Å². The van der Waals surface area contributed by atoms with Crippen LogP contribution in [0.1, 0.15) is 18.5 Å². The molecule has 1 aromatic heterocycles. The molecule has 0 radical (unpaired) electrons. The summed E-state index contributed by atoms with van der Waals surface area (Å²) in [5, 5.41) is 3.91. The maximum atomic E-state index is 13.1. The Bertz CT molecular complexity index is 1340. The zero-order valence-corrected chi connectivity index (χ0v) is 20.5. The van der Waals surface area contributed by atoms with E-state index >= 15 is 0 Å². The maximum Gasteiger partial charge on any atom is 0.262 e. The van der Waals surface area contributed by atoms with E-state index in [0.29, 0.717) is 35.0 Å². The molecule has 8 heteroatoms. The molecule has 0 aliphatic heterocycles. The van der Waals surface area contributed by atoms with Gasteiger partial charge in [0.05, 0.1) is 29.3 Å². The van der Waals surface area contributed by atoms with Gasteiger partial charge in [-0.05, 0) is 48.9 Å². The molecule has 0 bridgehead atoms. The standard InChI is InChI=1S/C27H27N3O4S/c1-19(16-33-2)30-26(32)23-10-6-7-11-24(23)29-27(30)35-18-25(31)28-21-12-14-22(15-13-21)34-17-20-8-4-3-5-9-20/h3-15,19H,16-18H2,1-2H3,(H,28,31). The minimum Gasteiger partial charge on any atom is -0.489 e. The van der Waals surface area contributed by atoms with E-state index in [1.54, 1.807) is 35.9 Å². The van der Waals surface area contributed by atoms with E-state index in [-0.39, 0.29) is 23.3 Å². The van der Waals surface area contributed by atoms with Gasteiger partial charge in [0.15, 0.2) is 5.16 Å². The highest BCUT2D eigenvalue weighted by Crippen LogP contribution is 2.22. The number of methoxy groups -OCH3 is 1. The van der Waals surface area contributed by atoms with E-state index < -0.39 is 0 Å². The van der Waals surface area contributed by atoms with E-state index in [9.17, 15) is 9.59 Å². The number of benzene rings is 3. The summed E-state index contributed by atoms with van der Waals surface area (Å²) in [6, 6.07) is 24.2. The molecule has 0 saturated carbocycles. The molecule has 1 N–H and O–H groups in total. The number of nitrogens with zero attached hydrogens (tertiary/aromatic N) is 2. The van der Waals surface area contributed by atoms with Crippen LogP contribution in [-0.4, -0.2) is 34.9 Å². The van der Waals surface area contributed by atoms with Gasteiger partial charge in [0.25, 0.3) is 5.56 Å². The van der Waals surface area contributed by atoms with Crippen LogP contribution in [0.4, 0.5) is 5.69 Å². The molecule has 35 heavy (non-hydrogen) atoms. The maximum absolute atomic E-state index is 13.1. The van der Waals surface area contributed by atoms with Crippen molar-refractivity contribution in [3.63, 3.8) is 0 Å². The molecule has 0 saturated heterocycles. The second-order valence-electron chi connectivity index (χ2n) is 8.03. The van der Waals surface area contributed by atoms with E-state index in [0.717, 1.165) is 11.3 Å². The van der Waals surface area contributed by atoms with Crippen LogP contribution in [0, 0.1) is 0 Å². The van der Waals surface area contributed by atoms with E-state index in [1.165, 1.54) is 11.8 Å². The van der Waals surface area contributed by atoms with Crippen LogP contribution in [0.15, 0.2) is 88.8 Å². The van der Waals surface area contributed by atoms with Crippen molar-refractivity contribution >= 4 is 34.3 Å². The largest absolute Gasteiger partial charge is 0.489 e. The first-order chi connectivity index (χ1) is 17.0. The zero-order chi connectivity index (χ0) is 24.6. The SMILES string of the molecule is COCC(C)n1c(SCC(=O)Nc2ccc(OCc3ccccc3)cc2)nc2ccccc2c1=O. The number of ether oxygens (including phenoxy) is 2. The van der Waals surface area contributed by atoms with E-state index in [1.807, 2.05) is 61.5 Å². The first-order valence-electron chi connectivity index (χ1n) is 11.2. The molecular weight excluding hydrogens is 462 g/mol. The van der Waals surface area contributed by atoms with Crippen LogP contribution < -0.4 is 15.6 Å². The number of thioether (sulfide) groups is 1. The molecule has 0 aliphatic rings. The summed E-state index contributed by atoms with van der Waals surface area (Å²) < 4.78 is 12.6. The number of anilines is 1. The van der Waals surface area contributed by atoms with Crippen molar-refractivity contribution in [2.75, 3.05) is 24.8 Å². The van der Waals surface area contributed by atoms with Crippen molar-refractivity contribution < 1.29 is 14.3 Å². The van der Waals surface area contributed by atoms with Crippen LogP contribution in [-0.2, 0) is 16.1 Å². The molecular formula is C27H27N3O4S. The predicted octanol–water partition coefficient (Wildman–Crippen LogP) is 4.91. The number of aromatic nitrogens is 2. The average Bonchev–Trinajstić information content (AvgIpc) is 2.88. The smallest absolute Gasteiger partial charge is 0.262 e. The highest BCUT2D eigenvalue weighted by atomic mass is 32.2. The molecule has 4 aromatic rings. The third-order valence-electron chi connectivity index (χ3n) is 5.34. The number of nitrogens with one attached hydrogen (secondary N) is 1. The Morgan fingerprint density at radius 2 is 1.74 bits per heavy atom. The molecule has 1 unspecified atom stereocenters. The Kier molecular flexibility index (Phi) is 8.18. The van der Waals surface area contributed by atoms with E-state index in [4.69, 9.17) is 9.47 Å². The lowest BCUT2D eigenvalue weighted by atomic mass is 10.2. The third-order valence-corrected chi connectivity index (χ3v) is 6.30. The van der Waals surface area contributed by atoms with Gasteiger partial charge in [0.2, 0.25) is 5.91 Å². The third kappa shape index (κ3) is 6.29. The molecule has 7 nitrogen and oxygen atoms in total. The Balaban J connectivity index is 1.40. The molecule has 0 spiro atoms. The van der Waals surface area contributed by atoms with Crippen LogP contribution >= 0.6 is 11.8 Å². The lowest BCUT2D eigenvalue weighted by Gasteiger charge is -2.18. The monoisotopic (exact) mass is 489 g/mol. The minimum atomic E-state index is -0.224. The van der Waals surface area contributed by atoms with Gasteiger partial charge in [-0.25, -0.2) is 4.98 Å². The van der Waals surface area contributed by atoms with Gasteiger partial charge >= 0.3 is 0 Å². The first kappa shape index (κ1) is 24.5. The second-order valence-corrected chi connectivity index (χ2v) is 8.97. The fourth-order valence-corrected chi connectivity index (χ4v) is 4.53. The number of carbonyl (C=O) groups is 1. The second kappa shape index (κ2) is 11.7. The predicted molar refractivity (Wildman–Crippen MR) is 139 cm³/mol. The molecule has 3 aromatic carbocycles. The van der Waals surface area contributed by atoms with Crippen molar-refractivity contribution in [2.45, 2.75) is 24.7 Å². The summed E-state index contributed by atoms with van der Waals surface area (Å²) in [6.07, 6.45) is 0. The van der Waals surface area contributed by atoms with Gasteiger partial charge in [-0.2, -0.15) is 0 Å². The van der Waals surface area contributed by atoms with Crippen molar-refractivity contribution in [1.82, 2.24) is 9.55 Å². The fraction of sp³-hybridized carbons (Fsp3) is 0.222. The molecule has 1 amide bonds. The van der Waals surface area contributed by atoms with Gasteiger partial charge in [-0.15, -0.1) is 0 Å². The van der Waals surface area contributed by atoms with Gasteiger partial charge in [0.1, 0.15) is 12.4 Å². The van der Waals surface area contributed by atoms with Gasteiger partial charge in [-0.3, -0.25) is 14.2 Å². The van der Waals surface area contributed by atoms with E-state index in [2.05, 4.69) is 10.3 Å². The van der Waals surface area contributed by atoms with Crippen molar-refractivity contribution in [3.05, 3.63) is 94.8 Å². The molecule has 0 fully saturated rings. The number of para-hydroxylation sites is 1. The van der Waals surface area contributed by atoms with Gasteiger partial charge in [-0.1, -0.05) is 54.2 Å². The lowest BCUT2D eigenvalue weighted by Crippen LogP contribution is -2.29. The minimum absolute atomic E-state index is 0.108. The topological polar surface area (TPSA) is 82.4 Å². The quantitative estimate of drug-likeness (QED) is 0.252. The van der Waals surface area contributed by atoms with Crippen LogP contribution in [0.3, 0.4) is 0 Å². The Morgan fingerprint density at radius 1 is 1.03 bits per heavy atom. The summed E-state index contributed by atoms with van der Waals surface area (Å²) in [4.78, 5) is 30.4. The van der Waals surface area contributed by atoms with Gasteiger partial charge in [0, 0.05) is 12.8 Å². The zero-order valence-electron chi connectivity index (χ0n) is 19.6. The van der Waals surface area contributed by atoms with Crippen molar-refractivity contribution in [2.24, 2.45) is 0 Å². The van der Waals surface area contributed by atoms with Crippen LogP contribution in [0.25, 0.3) is 10.9 Å². The molecule has 4 rings (SSSR count). The highest BCUT2D eigenvalue weighted by Gasteiger charge is 2.17. The van der Waals surface area contributed by atoms with Crippen LogP contribution in [0.2, 0.25) is 0 Å². The number of rotatable bonds is 10. The Labute approximate surface area is 208 Å². The summed E-state index contributed by atoms with van der Waals surface area (Å²) >= 11 is 1.23. The Morgan fingerprint density at radius 3 is 2.49 bits per heavy atom. The average molecular weight is 490 g/mol. The molecule has 1 atom stereocenters.